The van der Waals surface area contributed by atoms with Crippen LogP contribution in [0.25, 0.3) is 10.8 Å². The molecule has 4 rings (SSSR count). The summed E-state index contributed by atoms with van der Waals surface area (Å²) in [5.41, 5.74) is 1.87. The number of ketones is 1. The van der Waals surface area contributed by atoms with E-state index in [0.717, 1.165) is 28.8 Å². The topological polar surface area (TPSA) is 65.2 Å². The Morgan fingerprint density at radius 2 is 2.17 bits per heavy atom. The number of aromatic nitrogens is 2. The molecule has 0 N–H and O–H groups in total. The molecular formula is C18H16N2O3S. The van der Waals surface area contributed by atoms with Crippen LogP contribution in [0.2, 0.25) is 0 Å². The lowest BCUT2D eigenvalue weighted by Crippen LogP contribution is -2.11. The van der Waals surface area contributed by atoms with Crippen molar-refractivity contribution < 1.29 is 13.9 Å². The van der Waals surface area contributed by atoms with Gasteiger partial charge in [-0.1, -0.05) is 6.07 Å². The molecule has 1 aromatic carbocycles. The fraction of sp³-hybridized carbons (Fsp3) is 0.278. The third-order valence-corrected chi connectivity index (χ3v) is 4.92. The first-order valence-electron chi connectivity index (χ1n) is 7.91. The average molecular weight is 340 g/mol. The minimum absolute atomic E-state index is 0.216. The fourth-order valence-corrected chi connectivity index (χ4v) is 3.49. The Morgan fingerprint density at radius 3 is 3.00 bits per heavy atom. The molecule has 1 aliphatic carbocycles. The van der Waals surface area contributed by atoms with Crippen LogP contribution in [0, 0.1) is 0 Å². The van der Waals surface area contributed by atoms with Crippen molar-refractivity contribution in [2.24, 2.45) is 0 Å². The monoisotopic (exact) mass is 340 g/mol. The molecule has 0 fully saturated rings. The number of hydrogen-bond donors (Lipinski definition) is 0. The highest BCUT2D eigenvalue weighted by Crippen LogP contribution is 2.29. The van der Waals surface area contributed by atoms with Crippen LogP contribution in [0.15, 0.2) is 40.1 Å². The molecule has 0 unspecified atom stereocenters. The van der Waals surface area contributed by atoms with Crippen LogP contribution in [0.4, 0.5) is 0 Å². The SMILES string of the molecule is C[C@H](Oc1ccc2c(c1)CCCC2=O)c1nnc(-c2cccs2)o1. The van der Waals surface area contributed by atoms with E-state index in [1.54, 1.807) is 11.3 Å². The summed E-state index contributed by atoms with van der Waals surface area (Å²) in [7, 11) is 0. The van der Waals surface area contributed by atoms with E-state index in [-0.39, 0.29) is 11.9 Å². The van der Waals surface area contributed by atoms with E-state index in [2.05, 4.69) is 10.2 Å². The van der Waals surface area contributed by atoms with Gasteiger partial charge in [-0.25, -0.2) is 0 Å². The number of nitrogens with zero attached hydrogens (tertiary/aromatic N) is 2. The Hall–Kier alpha value is -2.47. The highest BCUT2D eigenvalue weighted by molar-refractivity contribution is 7.13. The summed E-state index contributed by atoms with van der Waals surface area (Å²) < 4.78 is 11.6. The summed E-state index contributed by atoms with van der Waals surface area (Å²) in [6, 6.07) is 9.50. The van der Waals surface area contributed by atoms with E-state index in [0.29, 0.717) is 24.0 Å². The van der Waals surface area contributed by atoms with Crippen molar-refractivity contribution in [3.63, 3.8) is 0 Å². The predicted octanol–water partition coefficient (Wildman–Crippen LogP) is 4.46. The van der Waals surface area contributed by atoms with Crippen molar-refractivity contribution in [2.45, 2.75) is 32.3 Å². The van der Waals surface area contributed by atoms with Crippen molar-refractivity contribution in [3.05, 3.63) is 52.7 Å². The van der Waals surface area contributed by atoms with Crippen LogP contribution in [0.5, 0.6) is 5.75 Å². The molecule has 0 radical (unpaired) electrons. The predicted molar refractivity (Wildman–Crippen MR) is 90.4 cm³/mol. The largest absolute Gasteiger partial charge is 0.481 e. The molecule has 122 valence electrons. The van der Waals surface area contributed by atoms with Crippen molar-refractivity contribution in [1.82, 2.24) is 10.2 Å². The van der Waals surface area contributed by atoms with E-state index >= 15 is 0 Å². The Balaban J connectivity index is 1.52. The molecule has 0 saturated carbocycles. The zero-order valence-electron chi connectivity index (χ0n) is 13.2. The zero-order valence-corrected chi connectivity index (χ0v) is 14.0. The second-order valence-electron chi connectivity index (χ2n) is 5.78. The minimum Gasteiger partial charge on any atom is -0.481 e. The Labute approximate surface area is 143 Å². The number of hydrogen-bond acceptors (Lipinski definition) is 6. The van der Waals surface area contributed by atoms with E-state index < -0.39 is 0 Å². The lowest BCUT2D eigenvalue weighted by atomic mass is 9.90. The molecule has 3 aromatic rings. The molecular weight excluding hydrogens is 324 g/mol. The standard InChI is InChI=1S/C18H16N2O3S/c1-11(17-19-20-18(23-17)16-6-3-9-24-16)22-13-7-8-14-12(10-13)4-2-5-15(14)21/h3,6-11H,2,4-5H2,1H3/t11-/m0/s1. The maximum absolute atomic E-state index is 11.9. The molecule has 2 heterocycles. The number of Topliss-reactive ketones (excluding diaryl/α,β-unsaturated/α-hetero) is 1. The first kappa shape index (κ1) is 15.1. The third-order valence-electron chi connectivity index (χ3n) is 4.06. The van der Waals surface area contributed by atoms with Crippen LogP contribution in [-0.2, 0) is 6.42 Å². The molecule has 5 nitrogen and oxygen atoms in total. The van der Waals surface area contributed by atoms with Gasteiger partial charge in [0.1, 0.15) is 5.75 Å². The van der Waals surface area contributed by atoms with E-state index in [9.17, 15) is 4.79 Å². The molecule has 1 atom stereocenters. The maximum Gasteiger partial charge on any atom is 0.257 e. The van der Waals surface area contributed by atoms with Gasteiger partial charge in [0.15, 0.2) is 11.9 Å². The van der Waals surface area contributed by atoms with Gasteiger partial charge >= 0.3 is 0 Å². The molecule has 0 aliphatic heterocycles. The maximum atomic E-state index is 11.9. The van der Waals surface area contributed by atoms with E-state index in [4.69, 9.17) is 9.15 Å². The number of benzene rings is 1. The number of thiophene rings is 1. The number of aryl methyl sites for hydroxylation is 1. The van der Waals surface area contributed by atoms with Crippen LogP contribution >= 0.6 is 11.3 Å². The lowest BCUT2D eigenvalue weighted by Gasteiger charge is -2.17. The highest BCUT2D eigenvalue weighted by atomic mass is 32.1. The van der Waals surface area contributed by atoms with Crippen LogP contribution in [0.3, 0.4) is 0 Å². The van der Waals surface area contributed by atoms with Crippen LogP contribution < -0.4 is 4.74 Å². The molecule has 24 heavy (non-hydrogen) atoms. The second kappa shape index (κ2) is 6.20. The number of fused-ring (bicyclic) bond motifs is 1. The summed E-state index contributed by atoms with van der Waals surface area (Å²) in [5, 5.41) is 10.1. The summed E-state index contributed by atoms with van der Waals surface area (Å²) >= 11 is 1.55. The molecule has 0 saturated heterocycles. The van der Waals surface area contributed by atoms with Crippen LogP contribution in [-0.4, -0.2) is 16.0 Å². The van der Waals surface area contributed by atoms with Gasteiger partial charge in [0.05, 0.1) is 4.88 Å². The summed E-state index contributed by atoms with van der Waals surface area (Å²) in [4.78, 5) is 12.8. The van der Waals surface area contributed by atoms with Gasteiger partial charge in [-0.15, -0.1) is 21.5 Å². The molecule has 1 aliphatic rings. The quantitative estimate of drug-likeness (QED) is 0.701. The number of rotatable bonds is 4. The zero-order chi connectivity index (χ0) is 16.5. The Bertz CT molecular complexity index is 870. The second-order valence-corrected chi connectivity index (χ2v) is 6.73. The Morgan fingerprint density at radius 1 is 1.25 bits per heavy atom. The number of carbonyl (C=O) groups is 1. The summed E-state index contributed by atoms with van der Waals surface area (Å²) in [6.07, 6.45) is 2.09. The fourth-order valence-electron chi connectivity index (χ4n) is 2.85. The van der Waals surface area contributed by atoms with Gasteiger partial charge < -0.3 is 9.15 Å². The van der Waals surface area contributed by atoms with Crippen molar-refractivity contribution in [1.29, 1.82) is 0 Å². The normalized spacial score (nSPS) is 15.1. The van der Waals surface area contributed by atoms with Gasteiger partial charge in [-0.05, 0) is 55.0 Å². The van der Waals surface area contributed by atoms with E-state index in [1.807, 2.05) is 42.6 Å². The van der Waals surface area contributed by atoms with Crippen molar-refractivity contribution in [2.75, 3.05) is 0 Å². The highest BCUT2D eigenvalue weighted by Gasteiger charge is 2.20. The number of ether oxygens (including phenoxy) is 1. The van der Waals surface area contributed by atoms with Crippen molar-refractivity contribution in [3.8, 4) is 16.5 Å². The first-order valence-corrected chi connectivity index (χ1v) is 8.79. The smallest absolute Gasteiger partial charge is 0.257 e. The third kappa shape index (κ3) is 2.85. The van der Waals surface area contributed by atoms with Crippen LogP contribution in [0.1, 0.15) is 47.7 Å². The molecule has 0 amide bonds. The first-order chi connectivity index (χ1) is 11.7. The van der Waals surface area contributed by atoms with Gasteiger partial charge in [0.25, 0.3) is 11.8 Å². The molecule has 6 heteroatoms. The average Bonchev–Trinajstić information content (AvgIpc) is 3.26. The lowest BCUT2D eigenvalue weighted by molar-refractivity contribution is 0.0972. The van der Waals surface area contributed by atoms with Gasteiger partial charge in [0.2, 0.25) is 0 Å². The molecule has 0 spiro atoms. The molecule has 0 bridgehead atoms. The van der Waals surface area contributed by atoms with Gasteiger partial charge in [-0.3, -0.25) is 4.79 Å². The van der Waals surface area contributed by atoms with Crippen molar-refractivity contribution >= 4 is 17.1 Å². The molecule has 2 aromatic heterocycles. The summed E-state index contributed by atoms with van der Waals surface area (Å²) in [5.74, 6) is 1.87. The minimum atomic E-state index is -0.358. The summed E-state index contributed by atoms with van der Waals surface area (Å²) in [6.45, 7) is 1.87. The van der Waals surface area contributed by atoms with Gasteiger partial charge in [0, 0.05) is 12.0 Å². The Kier molecular flexibility index (Phi) is 3.90. The number of carbonyl (C=O) groups excluding carboxylic acids is 1. The van der Waals surface area contributed by atoms with E-state index in [1.165, 1.54) is 0 Å². The van der Waals surface area contributed by atoms with Gasteiger partial charge in [-0.2, -0.15) is 0 Å².